The van der Waals surface area contributed by atoms with E-state index >= 15 is 0 Å². The normalized spacial score (nSPS) is 13.6. The highest BCUT2D eigenvalue weighted by molar-refractivity contribution is 7.73. The van der Waals surface area contributed by atoms with Gasteiger partial charge >= 0.3 is 0 Å². The minimum Gasteiger partial charge on any atom is -0.493 e. The summed E-state index contributed by atoms with van der Waals surface area (Å²) < 4.78 is 6.16. The van der Waals surface area contributed by atoms with E-state index in [9.17, 15) is 0 Å². The number of aromatic nitrogens is 2. The lowest BCUT2D eigenvalue weighted by molar-refractivity contribution is 0.357. The molecule has 0 saturated heterocycles. The Kier molecular flexibility index (Phi) is 2.07. The molecule has 1 N–H and O–H groups in total. The summed E-state index contributed by atoms with van der Waals surface area (Å²) in [7, 11) is 0. The summed E-state index contributed by atoms with van der Waals surface area (Å²) in [6, 6.07) is 6.15. The van der Waals surface area contributed by atoms with Crippen molar-refractivity contribution in [3.05, 3.63) is 27.7 Å². The van der Waals surface area contributed by atoms with Crippen molar-refractivity contribution in [2.24, 2.45) is 0 Å². The van der Waals surface area contributed by atoms with E-state index < -0.39 is 0 Å². The van der Waals surface area contributed by atoms with E-state index in [2.05, 4.69) is 16.3 Å². The molecule has 5 heteroatoms. The molecule has 0 fully saturated rings. The number of hydrogen-bond donors (Lipinski definition) is 1. The summed E-state index contributed by atoms with van der Waals surface area (Å²) in [5.74, 6) is 0.998. The van der Waals surface area contributed by atoms with E-state index in [1.165, 1.54) is 16.9 Å². The highest BCUT2D eigenvalue weighted by Gasteiger charge is 2.13. The van der Waals surface area contributed by atoms with Crippen molar-refractivity contribution in [2.75, 3.05) is 6.61 Å². The van der Waals surface area contributed by atoms with Crippen LogP contribution in [0, 0.1) is 3.95 Å². The number of fused-ring (bicyclic) bond motifs is 1. The molecule has 3 nitrogen and oxygen atoms in total. The second-order valence-electron chi connectivity index (χ2n) is 3.34. The van der Waals surface area contributed by atoms with Crippen LogP contribution in [0.15, 0.2) is 18.2 Å². The van der Waals surface area contributed by atoms with Crippen molar-refractivity contribution in [2.45, 2.75) is 6.42 Å². The molecule has 1 aliphatic rings. The molecule has 0 atom stereocenters. The number of ether oxygens (including phenoxy) is 1. The van der Waals surface area contributed by atoms with E-state index in [1.54, 1.807) is 0 Å². The summed E-state index contributed by atoms with van der Waals surface area (Å²) in [5.41, 5.74) is 2.37. The minimum absolute atomic E-state index is 0.710. The fraction of sp³-hybridized carbons (Fsp3) is 0.200. The number of benzene rings is 1. The Labute approximate surface area is 95.7 Å². The van der Waals surface area contributed by atoms with Crippen LogP contribution in [-0.4, -0.2) is 16.8 Å². The van der Waals surface area contributed by atoms with Crippen LogP contribution < -0.4 is 4.74 Å². The summed E-state index contributed by atoms with van der Waals surface area (Å²) in [5, 5.41) is 7.89. The molecular formula is C10H8N2OS2. The topological polar surface area (TPSA) is 37.9 Å². The monoisotopic (exact) mass is 236 g/mol. The largest absolute Gasteiger partial charge is 0.493 e. The van der Waals surface area contributed by atoms with Crippen molar-refractivity contribution in [1.82, 2.24) is 10.2 Å². The van der Waals surface area contributed by atoms with Crippen molar-refractivity contribution in [3.63, 3.8) is 0 Å². The molecule has 0 amide bonds. The first kappa shape index (κ1) is 9.06. The Hall–Kier alpha value is -1.20. The molecule has 0 radical (unpaired) electrons. The van der Waals surface area contributed by atoms with E-state index in [0.717, 1.165) is 29.3 Å². The third-order valence-corrected chi connectivity index (χ3v) is 3.51. The van der Waals surface area contributed by atoms with Crippen LogP contribution >= 0.6 is 23.6 Å². The van der Waals surface area contributed by atoms with Gasteiger partial charge in [-0.05, 0) is 36.0 Å². The zero-order valence-corrected chi connectivity index (χ0v) is 9.45. The lowest BCUT2D eigenvalue weighted by Gasteiger charge is -2.00. The molecular weight excluding hydrogens is 228 g/mol. The fourth-order valence-electron chi connectivity index (χ4n) is 1.67. The number of H-pyrrole nitrogens is 1. The summed E-state index contributed by atoms with van der Waals surface area (Å²) >= 11 is 6.50. The number of hydrogen-bond acceptors (Lipinski definition) is 4. The first-order valence-electron chi connectivity index (χ1n) is 4.64. The Morgan fingerprint density at radius 2 is 2.40 bits per heavy atom. The van der Waals surface area contributed by atoms with Gasteiger partial charge in [-0.2, -0.15) is 5.10 Å². The van der Waals surface area contributed by atoms with Gasteiger partial charge in [-0.15, -0.1) is 0 Å². The van der Waals surface area contributed by atoms with Crippen molar-refractivity contribution in [1.29, 1.82) is 0 Å². The highest BCUT2D eigenvalue weighted by atomic mass is 32.1. The first-order chi connectivity index (χ1) is 7.33. The zero-order chi connectivity index (χ0) is 10.3. The molecule has 76 valence electrons. The molecule has 0 saturated carbocycles. The highest BCUT2D eigenvalue weighted by Crippen LogP contribution is 2.30. The maximum Gasteiger partial charge on any atom is 0.176 e. The summed E-state index contributed by atoms with van der Waals surface area (Å²) in [6.07, 6.45) is 0.985. The van der Waals surface area contributed by atoms with Crippen LogP contribution in [0.2, 0.25) is 0 Å². The predicted octanol–water partition coefficient (Wildman–Crippen LogP) is 2.80. The van der Waals surface area contributed by atoms with E-state index in [4.69, 9.17) is 17.0 Å². The molecule has 1 aromatic heterocycles. The van der Waals surface area contributed by atoms with Gasteiger partial charge in [-0.1, -0.05) is 11.3 Å². The number of aromatic amines is 1. The zero-order valence-electron chi connectivity index (χ0n) is 7.82. The second-order valence-corrected chi connectivity index (χ2v) is 5.00. The average Bonchev–Trinajstić information content (AvgIpc) is 2.84. The standard InChI is InChI=1S/C10H8N2OS2/c14-10-12-11-9(15-10)7-1-2-8-6(5-7)3-4-13-8/h1-2,5H,3-4H2,(H,12,14). The Morgan fingerprint density at radius 3 is 3.20 bits per heavy atom. The molecule has 0 unspecified atom stereocenters. The predicted molar refractivity (Wildman–Crippen MR) is 61.9 cm³/mol. The number of nitrogens with one attached hydrogen (secondary N) is 1. The van der Waals surface area contributed by atoms with Gasteiger partial charge in [-0.25, -0.2) is 0 Å². The summed E-state index contributed by atoms with van der Waals surface area (Å²) in [6.45, 7) is 0.787. The molecule has 3 rings (SSSR count). The maximum absolute atomic E-state index is 5.45. The third kappa shape index (κ3) is 1.57. The van der Waals surface area contributed by atoms with Crippen LogP contribution in [0.5, 0.6) is 5.75 Å². The lowest BCUT2D eigenvalue weighted by Crippen LogP contribution is -1.85. The van der Waals surface area contributed by atoms with Crippen molar-refractivity contribution in [3.8, 4) is 16.3 Å². The van der Waals surface area contributed by atoms with Gasteiger partial charge in [0.05, 0.1) is 6.61 Å². The van der Waals surface area contributed by atoms with E-state index in [0.29, 0.717) is 3.95 Å². The van der Waals surface area contributed by atoms with Gasteiger partial charge < -0.3 is 4.74 Å². The quantitative estimate of drug-likeness (QED) is 0.774. The average molecular weight is 236 g/mol. The molecule has 2 aromatic rings. The molecule has 1 aromatic carbocycles. The van der Waals surface area contributed by atoms with Gasteiger partial charge in [0.2, 0.25) is 0 Å². The fourth-order valence-corrected chi connectivity index (χ4v) is 2.56. The molecule has 2 heterocycles. The number of rotatable bonds is 1. The van der Waals surface area contributed by atoms with Gasteiger partial charge in [0.1, 0.15) is 10.8 Å². The van der Waals surface area contributed by atoms with Gasteiger partial charge in [0, 0.05) is 12.0 Å². The van der Waals surface area contributed by atoms with Gasteiger partial charge in [0.25, 0.3) is 0 Å². The Bertz CT molecular complexity index is 559. The molecule has 0 bridgehead atoms. The third-order valence-electron chi connectivity index (χ3n) is 2.37. The maximum atomic E-state index is 5.45. The Balaban J connectivity index is 2.10. The van der Waals surface area contributed by atoms with Crippen molar-refractivity contribution < 1.29 is 4.74 Å². The van der Waals surface area contributed by atoms with Gasteiger partial charge in [-0.3, -0.25) is 5.10 Å². The molecule has 0 spiro atoms. The Morgan fingerprint density at radius 1 is 1.47 bits per heavy atom. The molecule has 1 aliphatic heterocycles. The van der Waals surface area contributed by atoms with E-state index in [-0.39, 0.29) is 0 Å². The van der Waals surface area contributed by atoms with Crippen molar-refractivity contribution >= 4 is 23.6 Å². The first-order valence-corrected chi connectivity index (χ1v) is 5.87. The van der Waals surface area contributed by atoms with Gasteiger partial charge in [0.15, 0.2) is 3.95 Å². The van der Waals surface area contributed by atoms with E-state index in [1.807, 2.05) is 12.1 Å². The van der Waals surface area contributed by atoms with Crippen LogP contribution in [0.3, 0.4) is 0 Å². The van der Waals surface area contributed by atoms with Crippen LogP contribution in [0.25, 0.3) is 10.6 Å². The lowest BCUT2D eigenvalue weighted by atomic mass is 10.1. The van der Waals surface area contributed by atoms with Crippen LogP contribution in [0.4, 0.5) is 0 Å². The molecule has 15 heavy (non-hydrogen) atoms. The summed E-state index contributed by atoms with van der Waals surface area (Å²) in [4.78, 5) is 0. The number of nitrogens with zero attached hydrogens (tertiary/aromatic N) is 1. The second kappa shape index (κ2) is 3.43. The smallest absolute Gasteiger partial charge is 0.176 e. The SMILES string of the molecule is S=c1[nH]nc(-c2ccc3c(c2)CCO3)s1. The minimum atomic E-state index is 0.710. The van der Waals surface area contributed by atoms with Crippen LogP contribution in [0.1, 0.15) is 5.56 Å². The van der Waals surface area contributed by atoms with Crippen LogP contribution in [-0.2, 0) is 6.42 Å². The molecule has 0 aliphatic carbocycles.